The lowest BCUT2D eigenvalue weighted by molar-refractivity contribution is -0.201. The summed E-state index contributed by atoms with van der Waals surface area (Å²) in [6.07, 6.45) is -0.438. The minimum atomic E-state index is -3.31. The van der Waals surface area contributed by atoms with Crippen LogP contribution in [-0.4, -0.2) is 21.6 Å². The standard InChI is InChI=1S/C5H6ClF3.CHClO2/c1-3-2-4(7,8)5(3,6)9;2-1(3)4/h3H,2H2,1H3;(H,3,4). The van der Waals surface area contributed by atoms with Crippen LogP contribution in [0.4, 0.5) is 18.0 Å². The highest BCUT2D eigenvalue weighted by atomic mass is 35.5. The number of carboxylic acid groups (broad SMARTS) is 1. The SMILES string of the molecule is CC1CC(F)(F)C1(F)Cl.O=C(O)Cl. The summed E-state index contributed by atoms with van der Waals surface area (Å²) in [5, 5.41) is 4.40. The Labute approximate surface area is 82.6 Å². The minimum Gasteiger partial charge on any atom is -0.469 e. The lowest BCUT2D eigenvalue weighted by Crippen LogP contribution is -2.56. The highest BCUT2D eigenvalue weighted by molar-refractivity contribution is 6.60. The van der Waals surface area contributed by atoms with Crippen LogP contribution < -0.4 is 0 Å². The van der Waals surface area contributed by atoms with Crippen LogP contribution in [0.5, 0.6) is 0 Å². The Morgan fingerprint density at radius 1 is 1.54 bits per heavy atom. The summed E-state index contributed by atoms with van der Waals surface area (Å²) in [4.78, 5) is 8.77. The predicted octanol–water partition coefficient (Wildman–Crippen LogP) is 3.47. The zero-order valence-electron chi connectivity index (χ0n) is 6.53. The van der Waals surface area contributed by atoms with E-state index in [2.05, 4.69) is 11.6 Å². The van der Waals surface area contributed by atoms with Crippen LogP contribution >= 0.6 is 23.2 Å². The number of halogens is 5. The molecule has 0 aliphatic heterocycles. The Kier molecular flexibility index (Phi) is 3.87. The third kappa shape index (κ3) is 2.91. The Bertz CT molecular complexity index is 204. The van der Waals surface area contributed by atoms with E-state index in [1.807, 2.05) is 0 Å². The fraction of sp³-hybridized carbons (Fsp3) is 0.833. The molecule has 1 saturated carbocycles. The third-order valence-electron chi connectivity index (χ3n) is 1.67. The molecule has 1 fully saturated rings. The lowest BCUT2D eigenvalue weighted by atomic mass is 9.80. The van der Waals surface area contributed by atoms with Crippen LogP contribution in [0.25, 0.3) is 0 Å². The molecule has 0 amide bonds. The molecule has 0 aromatic heterocycles. The van der Waals surface area contributed by atoms with Gasteiger partial charge in [-0.05, 0) is 0 Å². The van der Waals surface area contributed by atoms with E-state index in [-0.39, 0.29) is 0 Å². The molecule has 0 aromatic carbocycles. The van der Waals surface area contributed by atoms with E-state index in [1.54, 1.807) is 0 Å². The molecule has 78 valence electrons. The van der Waals surface area contributed by atoms with Gasteiger partial charge in [0, 0.05) is 23.9 Å². The van der Waals surface area contributed by atoms with Gasteiger partial charge in [-0.1, -0.05) is 18.5 Å². The van der Waals surface area contributed by atoms with E-state index in [1.165, 1.54) is 6.92 Å². The summed E-state index contributed by atoms with van der Waals surface area (Å²) in [5.74, 6) is -4.04. The maximum Gasteiger partial charge on any atom is 0.401 e. The van der Waals surface area contributed by atoms with Crippen LogP contribution in [0.1, 0.15) is 13.3 Å². The van der Waals surface area contributed by atoms with Crippen molar-refractivity contribution in [3.05, 3.63) is 0 Å². The van der Waals surface area contributed by atoms with E-state index in [0.29, 0.717) is 0 Å². The van der Waals surface area contributed by atoms with Gasteiger partial charge in [0.05, 0.1) is 0 Å². The molecule has 0 aromatic rings. The summed E-state index contributed by atoms with van der Waals surface area (Å²) in [6, 6.07) is 0. The van der Waals surface area contributed by atoms with Crippen molar-refractivity contribution < 1.29 is 23.1 Å². The van der Waals surface area contributed by atoms with Gasteiger partial charge < -0.3 is 5.11 Å². The molecule has 1 rings (SSSR count). The first kappa shape index (κ1) is 12.8. The van der Waals surface area contributed by atoms with Crippen LogP contribution in [0, 0.1) is 5.92 Å². The number of hydrogen-bond acceptors (Lipinski definition) is 1. The molecule has 1 N–H and O–H groups in total. The molecule has 1 aliphatic carbocycles. The smallest absolute Gasteiger partial charge is 0.401 e. The Hall–Kier alpha value is -0.160. The molecule has 0 heterocycles. The Balaban J connectivity index is 0.000000310. The topological polar surface area (TPSA) is 37.3 Å². The van der Waals surface area contributed by atoms with Crippen LogP contribution in [0.2, 0.25) is 0 Å². The molecule has 0 spiro atoms. The average Bonchev–Trinajstić information content (AvgIpc) is 1.84. The van der Waals surface area contributed by atoms with Gasteiger partial charge >= 0.3 is 5.43 Å². The lowest BCUT2D eigenvalue weighted by Gasteiger charge is -2.43. The molecule has 2 atom stereocenters. The van der Waals surface area contributed by atoms with E-state index in [4.69, 9.17) is 21.5 Å². The van der Waals surface area contributed by atoms with Gasteiger partial charge in [-0.2, -0.15) is 0 Å². The van der Waals surface area contributed by atoms with Crippen molar-refractivity contribution in [3.8, 4) is 0 Å². The van der Waals surface area contributed by atoms with Crippen molar-refractivity contribution in [2.75, 3.05) is 0 Å². The van der Waals surface area contributed by atoms with Gasteiger partial charge in [0.25, 0.3) is 5.92 Å². The van der Waals surface area contributed by atoms with E-state index >= 15 is 0 Å². The van der Waals surface area contributed by atoms with Gasteiger partial charge in [0.15, 0.2) is 0 Å². The highest BCUT2D eigenvalue weighted by Crippen LogP contribution is 2.56. The van der Waals surface area contributed by atoms with Crippen molar-refractivity contribution in [3.63, 3.8) is 0 Å². The van der Waals surface area contributed by atoms with Gasteiger partial charge in [-0.3, -0.25) is 0 Å². The Morgan fingerprint density at radius 3 is 1.85 bits per heavy atom. The molecule has 0 saturated heterocycles. The number of alkyl halides is 4. The third-order valence-corrected chi connectivity index (χ3v) is 2.32. The largest absolute Gasteiger partial charge is 0.469 e. The monoisotopic (exact) mass is 238 g/mol. The number of rotatable bonds is 0. The molecule has 7 heteroatoms. The summed E-state index contributed by atoms with van der Waals surface area (Å²) in [6.45, 7) is 1.37. The fourth-order valence-electron chi connectivity index (χ4n) is 0.878. The molecule has 2 nitrogen and oxygen atoms in total. The van der Waals surface area contributed by atoms with E-state index < -0.39 is 28.8 Å². The molecule has 1 aliphatic rings. The minimum absolute atomic E-state index is 0.438. The van der Waals surface area contributed by atoms with E-state index in [9.17, 15) is 13.2 Å². The first-order valence-corrected chi connectivity index (χ1v) is 4.01. The fourth-order valence-corrected chi connectivity index (χ4v) is 1.03. The highest BCUT2D eigenvalue weighted by Gasteiger charge is 2.67. The van der Waals surface area contributed by atoms with Gasteiger partial charge in [-0.15, -0.1) is 0 Å². The summed E-state index contributed by atoms with van der Waals surface area (Å²) >= 11 is 9.02. The van der Waals surface area contributed by atoms with Crippen molar-refractivity contribution in [2.45, 2.75) is 24.4 Å². The maximum absolute atomic E-state index is 12.4. The van der Waals surface area contributed by atoms with Gasteiger partial charge in [0.2, 0.25) is 5.13 Å². The van der Waals surface area contributed by atoms with Crippen molar-refractivity contribution in [1.29, 1.82) is 0 Å². The first-order chi connectivity index (χ1) is 5.61. The average molecular weight is 239 g/mol. The zero-order valence-corrected chi connectivity index (χ0v) is 8.04. The first-order valence-electron chi connectivity index (χ1n) is 3.25. The molecule has 13 heavy (non-hydrogen) atoms. The maximum atomic E-state index is 12.4. The van der Waals surface area contributed by atoms with Crippen molar-refractivity contribution >= 4 is 28.6 Å². The van der Waals surface area contributed by atoms with Crippen LogP contribution in [-0.2, 0) is 0 Å². The molecular weight excluding hydrogens is 232 g/mol. The molecular formula is C6H7Cl2F3O2. The number of hydrogen-bond donors (Lipinski definition) is 1. The second-order valence-corrected chi connectivity index (χ2v) is 3.56. The summed E-state index contributed by atoms with van der Waals surface area (Å²) in [7, 11) is 0. The van der Waals surface area contributed by atoms with Crippen LogP contribution in [0.3, 0.4) is 0 Å². The predicted molar refractivity (Wildman–Crippen MR) is 42.3 cm³/mol. The van der Waals surface area contributed by atoms with Gasteiger partial charge in [-0.25, -0.2) is 18.0 Å². The second kappa shape index (κ2) is 3.92. The molecule has 0 bridgehead atoms. The van der Waals surface area contributed by atoms with Crippen molar-refractivity contribution in [2.24, 2.45) is 5.92 Å². The van der Waals surface area contributed by atoms with E-state index in [0.717, 1.165) is 0 Å². The summed E-state index contributed by atoms with van der Waals surface area (Å²) in [5.41, 5.74) is -1.36. The van der Waals surface area contributed by atoms with Crippen molar-refractivity contribution in [1.82, 2.24) is 0 Å². The molecule has 0 radical (unpaired) electrons. The van der Waals surface area contributed by atoms with Crippen LogP contribution in [0.15, 0.2) is 0 Å². The number of carbonyl (C=O) groups is 1. The normalized spacial score (nSPS) is 35.4. The molecule has 2 unspecified atom stereocenters. The second-order valence-electron chi connectivity index (χ2n) is 2.69. The zero-order chi connectivity index (χ0) is 10.9. The summed E-state index contributed by atoms with van der Waals surface area (Å²) < 4.78 is 36.5. The quantitative estimate of drug-likeness (QED) is 0.519. The van der Waals surface area contributed by atoms with Gasteiger partial charge in [0.1, 0.15) is 0 Å². The Morgan fingerprint density at radius 2 is 1.85 bits per heavy atom.